The fourth-order valence-corrected chi connectivity index (χ4v) is 6.46. The normalized spacial score (nSPS) is 13.7. The lowest BCUT2D eigenvalue weighted by Gasteiger charge is -2.27. The van der Waals surface area contributed by atoms with Crippen LogP contribution in [-0.4, -0.2) is 83.5 Å². The third-order valence-electron chi connectivity index (χ3n) is 9.37. The zero-order valence-corrected chi connectivity index (χ0v) is 30.4. The van der Waals surface area contributed by atoms with Gasteiger partial charge >= 0.3 is 0 Å². The summed E-state index contributed by atoms with van der Waals surface area (Å²) in [7, 11) is 6.69. The topological polar surface area (TPSA) is 155 Å². The minimum atomic E-state index is -0.582. The van der Waals surface area contributed by atoms with Gasteiger partial charge in [-0.3, -0.25) is 19.4 Å². The number of aromatic amines is 1. The van der Waals surface area contributed by atoms with Gasteiger partial charge in [0.1, 0.15) is 34.7 Å². The van der Waals surface area contributed by atoms with E-state index in [0.717, 1.165) is 39.3 Å². The standard InChI is InChI=1S/C41H40N8O5/c1-48(2)41(52)27-9-14-34(44-21-27)33-19-28(31-15-17-42-37-32(31)20-36(46-37)40(51)47-35-16-18-43-39(35)50)22-45-38(33)49(23-25-5-10-29(53-3)11-6-25)24-26-7-12-30(54-4)13-8-26/h5-15,17,19-22,35H,16,18,23-24H2,1-4H3,(H,42,46)(H,43,50)(H,47,51). The second-order valence-electron chi connectivity index (χ2n) is 13.2. The maximum atomic E-state index is 13.2. The summed E-state index contributed by atoms with van der Waals surface area (Å²) in [4.78, 5) is 59.3. The molecule has 0 saturated carbocycles. The first kappa shape index (κ1) is 35.6. The maximum absolute atomic E-state index is 13.2. The van der Waals surface area contributed by atoms with E-state index in [2.05, 4.69) is 25.5 Å². The van der Waals surface area contributed by atoms with Crippen LogP contribution in [0.5, 0.6) is 11.5 Å². The van der Waals surface area contributed by atoms with Gasteiger partial charge in [-0.25, -0.2) is 9.97 Å². The predicted octanol–water partition coefficient (Wildman–Crippen LogP) is 5.23. The van der Waals surface area contributed by atoms with Crippen molar-refractivity contribution in [1.82, 2.24) is 35.5 Å². The van der Waals surface area contributed by atoms with Gasteiger partial charge in [0.15, 0.2) is 0 Å². The molecule has 1 fully saturated rings. The number of carbonyl (C=O) groups excluding carboxylic acids is 3. The number of anilines is 1. The molecule has 274 valence electrons. The highest BCUT2D eigenvalue weighted by Crippen LogP contribution is 2.36. The van der Waals surface area contributed by atoms with Gasteiger partial charge in [0.25, 0.3) is 11.8 Å². The molecule has 3 amide bonds. The Morgan fingerprint density at radius 3 is 2.09 bits per heavy atom. The average Bonchev–Trinajstić information content (AvgIpc) is 3.83. The van der Waals surface area contributed by atoms with Crippen LogP contribution < -0.4 is 25.0 Å². The summed E-state index contributed by atoms with van der Waals surface area (Å²) in [5.74, 6) is 1.47. The molecule has 0 radical (unpaired) electrons. The first-order valence-electron chi connectivity index (χ1n) is 17.5. The van der Waals surface area contributed by atoms with Crippen LogP contribution in [0.4, 0.5) is 5.82 Å². The van der Waals surface area contributed by atoms with Crippen molar-refractivity contribution < 1.29 is 23.9 Å². The summed E-state index contributed by atoms with van der Waals surface area (Å²) < 4.78 is 10.8. The van der Waals surface area contributed by atoms with E-state index < -0.39 is 6.04 Å². The summed E-state index contributed by atoms with van der Waals surface area (Å²) in [6.07, 6.45) is 5.59. The number of methoxy groups -OCH3 is 2. The van der Waals surface area contributed by atoms with Gasteiger partial charge in [-0.15, -0.1) is 0 Å². The number of pyridine rings is 3. The second kappa shape index (κ2) is 15.5. The van der Waals surface area contributed by atoms with Crippen LogP contribution >= 0.6 is 0 Å². The molecule has 4 aromatic heterocycles. The number of nitrogens with zero attached hydrogens (tertiary/aromatic N) is 5. The van der Waals surface area contributed by atoms with Gasteiger partial charge in [0, 0.05) is 68.8 Å². The van der Waals surface area contributed by atoms with Crippen LogP contribution in [0.25, 0.3) is 33.4 Å². The predicted molar refractivity (Wildman–Crippen MR) is 205 cm³/mol. The number of hydrogen-bond donors (Lipinski definition) is 3. The Morgan fingerprint density at radius 2 is 1.52 bits per heavy atom. The number of aromatic nitrogens is 4. The number of ether oxygens (including phenoxy) is 2. The Balaban J connectivity index is 1.33. The quantitative estimate of drug-likeness (QED) is 0.154. The number of fused-ring (bicyclic) bond motifs is 1. The van der Waals surface area contributed by atoms with Crippen LogP contribution in [0.1, 0.15) is 38.4 Å². The molecule has 0 aliphatic carbocycles. The van der Waals surface area contributed by atoms with E-state index in [4.69, 9.17) is 19.4 Å². The number of carbonyl (C=O) groups is 3. The van der Waals surface area contributed by atoms with E-state index in [-0.39, 0.29) is 17.7 Å². The first-order valence-corrected chi connectivity index (χ1v) is 17.5. The first-order chi connectivity index (χ1) is 26.2. The number of nitrogens with one attached hydrogen (secondary N) is 3. The molecule has 6 aromatic rings. The minimum absolute atomic E-state index is 0.151. The molecule has 1 saturated heterocycles. The summed E-state index contributed by atoms with van der Waals surface area (Å²) in [6.45, 7) is 1.55. The molecular weight excluding hydrogens is 685 g/mol. The molecule has 54 heavy (non-hydrogen) atoms. The molecule has 1 unspecified atom stereocenters. The third kappa shape index (κ3) is 7.56. The zero-order chi connectivity index (χ0) is 37.8. The van der Waals surface area contributed by atoms with Crippen LogP contribution in [0, 0.1) is 0 Å². The Hall–Kier alpha value is -6.76. The molecule has 13 nitrogen and oxygen atoms in total. The van der Waals surface area contributed by atoms with E-state index in [1.165, 1.54) is 4.90 Å². The van der Waals surface area contributed by atoms with Gasteiger partial charge in [-0.2, -0.15) is 0 Å². The van der Waals surface area contributed by atoms with Crippen LogP contribution in [0.3, 0.4) is 0 Å². The molecule has 7 rings (SSSR count). The van der Waals surface area contributed by atoms with Crippen LogP contribution in [0.2, 0.25) is 0 Å². The monoisotopic (exact) mass is 724 g/mol. The summed E-state index contributed by atoms with van der Waals surface area (Å²) in [5, 5.41) is 6.27. The molecule has 13 heteroatoms. The largest absolute Gasteiger partial charge is 0.497 e. The molecule has 2 aromatic carbocycles. The van der Waals surface area contributed by atoms with Gasteiger partial charge in [-0.05, 0) is 77.7 Å². The highest BCUT2D eigenvalue weighted by Gasteiger charge is 2.27. The number of rotatable bonds is 12. The van der Waals surface area contributed by atoms with Crippen molar-refractivity contribution in [2.75, 3.05) is 39.8 Å². The average molecular weight is 725 g/mol. The third-order valence-corrected chi connectivity index (χ3v) is 9.37. The van der Waals surface area contributed by atoms with Gasteiger partial charge in [-0.1, -0.05) is 24.3 Å². The van der Waals surface area contributed by atoms with Gasteiger partial charge < -0.3 is 34.9 Å². The molecule has 0 bridgehead atoms. The summed E-state index contributed by atoms with van der Waals surface area (Å²) >= 11 is 0. The molecule has 1 aliphatic rings. The fraction of sp³-hybridized carbons (Fsp3) is 0.220. The second-order valence-corrected chi connectivity index (χ2v) is 13.2. The lowest BCUT2D eigenvalue weighted by atomic mass is 10.0. The van der Waals surface area contributed by atoms with Crippen LogP contribution in [0.15, 0.2) is 97.5 Å². The summed E-state index contributed by atoms with van der Waals surface area (Å²) in [6, 6.07) is 24.5. The maximum Gasteiger partial charge on any atom is 0.268 e. The van der Waals surface area contributed by atoms with Gasteiger partial charge in [0.2, 0.25) is 5.91 Å². The number of benzene rings is 2. The number of hydrogen-bond acceptors (Lipinski definition) is 9. The van der Waals surface area contributed by atoms with E-state index in [1.807, 2.05) is 72.9 Å². The number of amides is 3. The molecule has 0 spiro atoms. The fourth-order valence-electron chi connectivity index (χ4n) is 6.46. The van der Waals surface area contributed by atoms with Crippen molar-refractivity contribution >= 4 is 34.6 Å². The van der Waals surface area contributed by atoms with Crippen molar-refractivity contribution in [3.8, 4) is 33.9 Å². The highest BCUT2D eigenvalue weighted by atomic mass is 16.5. The van der Waals surface area contributed by atoms with Gasteiger partial charge in [0.05, 0.1) is 25.5 Å². The van der Waals surface area contributed by atoms with Crippen LogP contribution in [-0.2, 0) is 17.9 Å². The highest BCUT2D eigenvalue weighted by molar-refractivity contribution is 6.03. The lowest BCUT2D eigenvalue weighted by molar-refractivity contribution is -0.120. The molecule has 3 N–H and O–H groups in total. The smallest absolute Gasteiger partial charge is 0.268 e. The molecule has 1 aliphatic heterocycles. The number of H-pyrrole nitrogens is 1. The van der Waals surface area contributed by atoms with E-state index in [9.17, 15) is 14.4 Å². The van der Waals surface area contributed by atoms with Crippen molar-refractivity contribution in [1.29, 1.82) is 0 Å². The Labute approximate surface area is 312 Å². The van der Waals surface area contributed by atoms with Crippen molar-refractivity contribution in [3.63, 3.8) is 0 Å². The Kier molecular flexibility index (Phi) is 10.2. The molecule has 5 heterocycles. The van der Waals surface area contributed by atoms with Crippen molar-refractivity contribution in [2.45, 2.75) is 25.6 Å². The van der Waals surface area contributed by atoms with Crippen molar-refractivity contribution in [2.24, 2.45) is 0 Å². The Morgan fingerprint density at radius 1 is 0.833 bits per heavy atom. The Bertz CT molecular complexity index is 2250. The van der Waals surface area contributed by atoms with E-state index in [1.54, 1.807) is 52.8 Å². The summed E-state index contributed by atoms with van der Waals surface area (Å²) in [5.41, 5.74) is 6.30. The minimum Gasteiger partial charge on any atom is -0.497 e. The molecule has 1 atom stereocenters. The lowest BCUT2D eigenvalue weighted by Crippen LogP contribution is -2.40. The zero-order valence-electron chi connectivity index (χ0n) is 30.4. The molecular formula is C41H40N8O5. The SMILES string of the molecule is COc1ccc(CN(Cc2ccc(OC)cc2)c2ncc(-c3ccnc4[nH]c(C(=O)NC5CCNC5=O)cc34)cc2-c2ccc(C(=O)N(C)C)cn2)cc1. The van der Waals surface area contributed by atoms with Crippen molar-refractivity contribution in [3.05, 3.63) is 120 Å². The van der Waals surface area contributed by atoms with E-state index in [0.29, 0.717) is 59.9 Å². The van der Waals surface area contributed by atoms with E-state index >= 15 is 0 Å².